The fourth-order valence-corrected chi connectivity index (χ4v) is 4.03. The molecule has 0 saturated carbocycles. The van der Waals surface area contributed by atoms with Crippen LogP contribution < -0.4 is 0 Å². The van der Waals surface area contributed by atoms with Crippen LogP contribution in [0.2, 0.25) is 0 Å². The maximum absolute atomic E-state index is 13.7. The summed E-state index contributed by atoms with van der Waals surface area (Å²) in [5.41, 5.74) is 2.43. The maximum atomic E-state index is 13.7. The van der Waals surface area contributed by atoms with E-state index in [2.05, 4.69) is 17.0 Å². The minimum Gasteiger partial charge on any atom is -0.378 e. The lowest BCUT2D eigenvalue weighted by molar-refractivity contribution is -0.0770. The van der Waals surface area contributed by atoms with Gasteiger partial charge in [0.2, 0.25) is 0 Å². The molecule has 0 unspecified atom stereocenters. The first kappa shape index (κ1) is 17.2. The van der Waals surface area contributed by atoms with E-state index in [9.17, 15) is 9.18 Å². The molecule has 2 aromatic rings. The zero-order valence-electron chi connectivity index (χ0n) is 14.9. The van der Waals surface area contributed by atoms with E-state index >= 15 is 0 Å². The number of carbonyl (C=O) groups is 1. The summed E-state index contributed by atoms with van der Waals surface area (Å²) in [7, 11) is 0. The summed E-state index contributed by atoms with van der Waals surface area (Å²) >= 11 is 0. The number of hydrogen-bond donors (Lipinski definition) is 0. The van der Waals surface area contributed by atoms with Gasteiger partial charge in [-0.25, -0.2) is 4.39 Å². The Hall–Kier alpha value is -2.24. The second-order valence-electron chi connectivity index (χ2n) is 7.12. The van der Waals surface area contributed by atoms with E-state index in [1.807, 2.05) is 23.1 Å². The number of hydrogen-bond acceptors (Lipinski definition) is 3. The van der Waals surface area contributed by atoms with E-state index < -0.39 is 0 Å². The summed E-state index contributed by atoms with van der Waals surface area (Å²) in [6.45, 7) is 5.16. The number of aryl methyl sites for hydroxylation is 1. The number of morpholine rings is 1. The Morgan fingerprint density at radius 3 is 2.69 bits per heavy atom. The SMILES string of the molecule is Cc1cc(F)cc(C(=O)N2CCN3[C@@H](COC[C@@H]3c3ccccc3)C2)c1. The van der Waals surface area contributed by atoms with Gasteiger partial charge in [-0.1, -0.05) is 30.3 Å². The van der Waals surface area contributed by atoms with Crippen LogP contribution >= 0.6 is 0 Å². The van der Waals surface area contributed by atoms with Crippen LogP contribution in [-0.2, 0) is 4.74 Å². The van der Waals surface area contributed by atoms with Crippen molar-refractivity contribution in [3.63, 3.8) is 0 Å². The molecule has 2 heterocycles. The van der Waals surface area contributed by atoms with Crippen molar-refractivity contribution in [2.75, 3.05) is 32.8 Å². The van der Waals surface area contributed by atoms with Crippen LogP contribution in [0.1, 0.15) is 27.5 Å². The van der Waals surface area contributed by atoms with Gasteiger partial charge in [0, 0.05) is 25.2 Å². The van der Waals surface area contributed by atoms with Crippen LogP contribution in [0.25, 0.3) is 0 Å². The Kier molecular flexibility index (Phi) is 4.74. The van der Waals surface area contributed by atoms with Gasteiger partial charge in [-0.15, -0.1) is 0 Å². The zero-order chi connectivity index (χ0) is 18.1. The lowest BCUT2D eigenvalue weighted by atomic mass is 9.99. The van der Waals surface area contributed by atoms with Crippen molar-refractivity contribution in [2.24, 2.45) is 0 Å². The molecule has 4 rings (SSSR count). The van der Waals surface area contributed by atoms with E-state index in [0.29, 0.717) is 31.9 Å². The van der Waals surface area contributed by atoms with E-state index in [1.165, 1.54) is 17.7 Å². The van der Waals surface area contributed by atoms with Crippen molar-refractivity contribution >= 4 is 5.91 Å². The Bertz CT molecular complexity index is 776. The molecule has 0 N–H and O–H groups in total. The molecule has 0 aliphatic carbocycles. The predicted octanol–water partition coefficient (Wildman–Crippen LogP) is 3.03. The first-order chi connectivity index (χ1) is 12.6. The highest BCUT2D eigenvalue weighted by molar-refractivity contribution is 5.94. The van der Waals surface area contributed by atoms with Gasteiger partial charge < -0.3 is 9.64 Å². The molecule has 0 spiro atoms. The first-order valence-electron chi connectivity index (χ1n) is 9.07. The van der Waals surface area contributed by atoms with Crippen LogP contribution in [0, 0.1) is 12.7 Å². The van der Waals surface area contributed by atoms with Gasteiger partial charge in [0.05, 0.1) is 25.3 Å². The van der Waals surface area contributed by atoms with E-state index in [-0.39, 0.29) is 23.8 Å². The van der Waals surface area contributed by atoms with Crippen LogP contribution in [0.5, 0.6) is 0 Å². The molecule has 0 radical (unpaired) electrons. The molecule has 2 aromatic carbocycles. The minimum atomic E-state index is -0.364. The van der Waals surface area contributed by atoms with Gasteiger partial charge >= 0.3 is 0 Å². The quantitative estimate of drug-likeness (QED) is 0.831. The van der Waals surface area contributed by atoms with Crippen LogP contribution in [0.4, 0.5) is 4.39 Å². The van der Waals surface area contributed by atoms with Crippen LogP contribution in [0.15, 0.2) is 48.5 Å². The van der Waals surface area contributed by atoms with Crippen LogP contribution in [0.3, 0.4) is 0 Å². The average molecular weight is 354 g/mol. The molecule has 1 amide bonds. The third-order valence-electron chi connectivity index (χ3n) is 5.28. The third-order valence-corrected chi connectivity index (χ3v) is 5.28. The zero-order valence-corrected chi connectivity index (χ0v) is 14.9. The molecule has 4 nitrogen and oxygen atoms in total. The second kappa shape index (κ2) is 7.17. The summed E-state index contributed by atoms with van der Waals surface area (Å²) in [5, 5.41) is 0. The fraction of sp³-hybridized carbons (Fsp3) is 0.381. The molecular weight excluding hydrogens is 331 g/mol. The fourth-order valence-electron chi connectivity index (χ4n) is 4.03. The molecule has 2 atom stereocenters. The molecule has 5 heteroatoms. The number of nitrogens with zero attached hydrogens (tertiary/aromatic N) is 2. The lowest BCUT2D eigenvalue weighted by Crippen LogP contribution is -2.60. The summed E-state index contributed by atoms with van der Waals surface area (Å²) in [5.74, 6) is -0.466. The van der Waals surface area contributed by atoms with Crippen molar-refractivity contribution in [3.8, 4) is 0 Å². The summed E-state index contributed by atoms with van der Waals surface area (Å²) in [6, 6.07) is 15.3. The Morgan fingerprint density at radius 2 is 1.92 bits per heavy atom. The summed E-state index contributed by atoms with van der Waals surface area (Å²) in [6.07, 6.45) is 0. The number of rotatable bonds is 2. The summed E-state index contributed by atoms with van der Waals surface area (Å²) in [4.78, 5) is 17.1. The standard InChI is InChI=1S/C21H23FN2O2/c1-15-9-17(11-18(22)10-15)21(25)23-7-8-24-19(12-23)13-26-14-20(24)16-5-3-2-4-6-16/h2-6,9-11,19-20H,7-8,12-14H2,1H3/t19-,20-/m1/s1. The Morgan fingerprint density at radius 1 is 1.12 bits per heavy atom. The Labute approximate surface area is 153 Å². The normalized spacial score (nSPS) is 23.5. The number of amides is 1. The molecule has 136 valence electrons. The van der Waals surface area contributed by atoms with Crippen molar-refractivity contribution in [3.05, 3.63) is 71.0 Å². The maximum Gasteiger partial charge on any atom is 0.254 e. The van der Waals surface area contributed by atoms with Gasteiger partial charge in [-0.2, -0.15) is 0 Å². The molecule has 0 aromatic heterocycles. The number of piperazine rings is 1. The monoisotopic (exact) mass is 354 g/mol. The summed E-state index contributed by atoms with van der Waals surface area (Å²) < 4.78 is 19.5. The molecule has 2 saturated heterocycles. The predicted molar refractivity (Wildman–Crippen MR) is 97.5 cm³/mol. The smallest absolute Gasteiger partial charge is 0.254 e. The van der Waals surface area contributed by atoms with Crippen molar-refractivity contribution in [2.45, 2.75) is 19.0 Å². The van der Waals surface area contributed by atoms with Gasteiger partial charge in [-0.3, -0.25) is 9.69 Å². The highest BCUT2D eigenvalue weighted by Crippen LogP contribution is 2.30. The third kappa shape index (κ3) is 3.37. The molecule has 2 aliphatic rings. The number of benzene rings is 2. The van der Waals surface area contributed by atoms with Crippen molar-refractivity contribution in [1.29, 1.82) is 0 Å². The van der Waals surface area contributed by atoms with Crippen molar-refractivity contribution < 1.29 is 13.9 Å². The molecule has 2 fully saturated rings. The number of halogens is 1. The highest BCUT2D eigenvalue weighted by atomic mass is 19.1. The molecule has 26 heavy (non-hydrogen) atoms. The first-order valence-corrected chi connectivity index (χ1v) is 9.07. The van der Waals surface area contributed by atoms with Gasteiger partial charge in [0.15, 0.2) is 0 Å². The van der Waals surface area contributed by atoms with E-state index in [1.54, 1.807) is 13.0 Å². The number of fused-ring (bicyclic) bond motifs is 1. The van der Waals surface area contributed by atoms with Gasteiger partial charge in [-0.05, 0) is 36.2 Å². The topological polar surface area (TPSA) is 32.8 Å². The second-order valence-corrected chi connectivity index (χ2v) is 7.12. The largest absolute Gasteiger partial charge is 0.378 e. The number of ether oxygens (including phenoxy) is 1. The number of carbonyl (C=O) groups excluding carboxylic acids is 1. The molecule has 0 bridgehead atoms. The Balaban J connectivity index is 1.50. The van der Waals surface area contributed by atoms with E-state index in [0.717, 1.165) is 12.1 Å². The minimum absolute atomic E-state index is 0.103. The van der Waals surface area contributed by atoms with E-state index in [4.69, 9.17) is 4.74 Å². The van der Waals surface area contributed by atoms with Crippen molar-refractivity contribution in [1.82, 2.24) is 9.80 Å². The highest BCUT2D eigenvalue weighted by Gasteiger charge is 2.37. The average Bonchev–Trinajstić information content (AvgIpc) is 2.66. The molecular formula is C21H23FN2O2. The van der Waals surface area contributed by atoms with Crippen LogP contribution in [-0.4, -0.2) is 54.6 Å². The lowest BCUT2D eigenvalue weighted by Gasteiger charge is -2.48. The molecule has 2 aliphatic heterocycles. The van der Waals surface area contributed by atoms with Gasteiger partial charge in [0.1, 0.15) is 5.82 Å². The van der Waals surface area contributed by atoms with Gasteiger partial charge in [0.25, 0.3) is 5.91 Å².